The highest BCUT2D eigenvalue weighted by Gasteiger charge is 2.17. The number of halogens is 2. The number of rotatable bonds is 3. The molecule has 1 aliphatic rings. The van der Waals surface area contributed by atoms with Crippen LogP contribution < -0.4 is 5.32 Å². The number of hydrogen-bond acceptors (Lipinski definition) is 2. The van der Waals surface area contributed by atoms with Crippen molar-refractivity contribution in [1.29, 1.82) is 0 Å². The molecule has 0 aliphatic heterocycles. The molecule has 1 amide bonds. The molecule has 3 nitrogen and oxygen atoms in total. The molecule has 0 atom stereocenters. The van der Waals surface area contributed by atoms with E-state index in [1.165, 1.54) is 31.4 Å². The van der Waals surface area contributed by atoms with Crippen LogP contribution in [-0.4, -0.2) is 11.0 Å². The molecule has 104 valence electrons. The van der Waals surface area contributed by atoms with Gasteiger partial charge < -0.3 is 10.4 Å². The lowest BCUT2D eigenvalue weighted by Crippen LogP contribution is -2.18. The van der Waals surface area contributed by atoms with Crippen molar-refractivity contribution in [3.63, 3.8) is 0 Å². The molecule has 19 heavy (non-hydrogen) atoms. The molecule has 1 saturated carbocycles. The summed E-state index contributed by atoms with van der Waals surface area (Å²) in [6, 6.07) is 3.00. The Labute approximate surface area is 122 Å². The standard InChI is InChI=1S/C14H17Cl2NO2/c15-11-7-10(8-12(16)14(11)19)17-13(18)6-9-4-2-1-3-5-9/h7-9,19H,1-6H2,(H,17,18). The molecule has 0 spiro atoms. The van der Waals surface area contributed by atoms with E-state index in [4.69, 9.17) is 23.2 Å². The minimum Gasteiger partial charge on any atom is -0.505 e. The predicted molar refractivity (Wildman–Crippen MR) is 77.9 cm³/mol. The maximum atomic E-state index is 11.9. The Kier molecular flexibility index (Phi) is 4.94. The first-order valence-corrected chi connectivity index (χ1v) is 7.29. The number of nitrogens with one attached hydrogen (secondary N) is 1. The first kappa shape index (κ1) is 14.5. The number of hydrogen-bond donors (Lipinski definition) is 2. The van der Waals surface area contributed by atoms with Crippen LogP contribution in [0.4, 0.5) is 5.69 Å². The van der Waals surface area contributed by atoms with Crippen LogP contribution in [-0.2, 0) is 4.79 Å². The second-order valence-corrected chi connectivity index (χ2v) is 5.86. The van der Waals surface area contributed by atoms with E-state index in [2.05, 4.69) is 5.32 Å². The zero-order valence-electron chi connectivity index (χ0n) is 10.6. The van der Waals surface area contributed by atoms with Gasteiger partial charge >= 0.3 is 0 Å². The van der Waals surface area contributed by atoms with Crippen molar-refractivity contribution < 1.29 is 9.90 Å². The van der Waals surface area contributed by atoms with E-state index in [-0.39, 0.29) is 21.7 Å². The summed E-state index contributed by atoms with van der Waals surface area (Å²) in [5.41, 5.74) is 0.522. The van der Waals surface area contributed by atoms with Crippen molar-refractivity contribution in [2.24, 2.45) is 5.92 Å². The van der Waals surface area contributed by atoms with Gasteiger partial charge in [0.15, 0.2) is 5.75 Å². The predicted octanol–water partition coefficient (Wildman–Crippen LogP) is 4.61. The second-order valence-electron chi connectivity index (χ2n) is 5.04. The molecule has 0 heterocycles. The molecular weight excluding hydrogens is 285 g/mol. The maximum absolute atomic E-state index is 11.9. The van der Waals surface area contributed by atoms with Gasteiger partial charge in [-0.2, -0.15) is 0 Å². The number of carbonyl (C=O) groups excluding carboxylic acids is 1. The zero-order valence-corrected chi connectivity index (χ0v) is 12.1. The topological polar surface area (TPSA) is 49.3 Å². The number of carbonyl (C=O) groups is 1. The van der Waals surface area contributed by atoms with Gasteiger partial charge in [-0.25, -0.2) is 0 Å². The molecule has 5 heteroatoms. The normalized spacial score (nSPS) is 16.3. The van der Waals surface area contributed by atoms with E-state index in [0.717, 1.165) is 12.8 Å². The Hall–Kier alpha value is -0.930. The monoisotopic (exact) mass is 301 g/mol. The van der Waals surface area contributed by atoms with Crippen molar-refractivity contribution in [2.45, 2.75) is 38.5 Å². The Morgan fingerprint density at radius 2 is 1.79 bits per heavy atom. The van der Waals surface area contributed by atoms with Crippen LogP contribution in [0, 0.1) is 5.92 Å². The molecule has 1 aromatic carbocycles. The van der Waals surface area contributed by atoms with Gasteiger partial charge in [0, 0.05) is 12.1 Å². The average Bonchev–Trinajstić information content (AvgIpc) is 2.37. The Morgan fingerprint density at radius 3 is 2.37 bits per heavy atom. The molecule has 0 aromatic heterocycles. The summed E-state index contributed by atoms with van der Waals surface area (Å²) < 4.78 is 0. The van der Waals surface area contributed by atoms with Crippen LogP contribution in [0.2, 0.25) is 10.0 Å². The van der Waals surface area contributed by atoms with E-state index in [1.54, 1.807) is 0 Å². The molecule has 1 aliphatic carbocycles. The minimum atomic E-state index is -0.159. The fourth-order valence-electron chi connectivity index (χ4n) is 2.50. The summed E-state index contributed by atoms with van der Waals surface area (Å²) in [6.07, 6.45) is 6.51. The summed E-state index contributed by atoms with van der Waals surface area (Å²) in [5, 5.41) is 12.5. The first-order chi connectivity index (χ1) is 9.06. The summed E-state index contributed by atoms with van der Waals surface area (Å²) in [6.45, 7) is 0. The van der Waals surface area contributed by atoms with Crippen molar-refractivity contribution in [1.82, 2.24) is 0 Å². The molecule has 2 N–H and O–H groups in total. The smallest absolute Gasteiger partial charge is 0.224 e. The zero-order chi connectivity index (χ0) is 13.8. The van der Waals surface area contributed by atoms with Gasteiger partial charge in [0.05, 0.1) is 10.0 Å². The van der Waals surface area contributed by atoms with E-state index >= 15 is 0 Å². The van der Waals surface area contributed by atoms with Crippen LogP contribution in [0.25, 0.3) is 0 Å². The van der Waals surface area contributed by atoms with Gasteiger partial charge in [0.2, 0.25) is 5.91 Å². The Balaban J connectivity index is 1.94. The van der Waals surface area contributed by atoms with Crippen molar-refractivity contribution in [2.75, 3.05) is 5.32 Å². The summed E-state index contributed by atoms with van der Waals surface area (Å²) in [4.78, 5) is 11.9. The minimum absolute atomic E-state index is 0.0234. The molecular formula is C14H17Cl2NO2. The second kappa shape index (κ2) is 6.49. The lowest BCUT2D eigenvalue weighted by Gasteiger charge is -2.20. The van der Waals surface area contributed by atoms with E-state index < -0.39 is 0 Å². The fourth-order valence-corrected chi connectivity index (χ4v) is 2.99. The van der Waals surface area contributed by atoms with E-state index in [1.807, 2.05) is 0 Å². The lowest BCUT2D eigenvalue weighted by atomic mass is 9.87. The number of aromatic hydroxyl groups is 1. The molecule has 1 aromatic rings. The summed E-state index contributed by atoms with van der Waals surface area (Å²) in [5.74, 6) is 0.301. The number of benzene rings is 1. The third-order valence-corrected chi connectivity index (χ3v) is 4.08. The van der Waals surface area contributed by atoms with E-state index in [9.17, 15) is 9.90 Å². The van der Waals surface area contributed by atoms with Gasteiger partial charge in [-0.3, -0.25) is 4.79 Å². The van der Waals surface area contributed by atoms with Gasteiger partial charge in [-0.15, -0.1) is 0 Å². The third kappa shape index (κ3) is 4.02. The van der Waals surface area contributed by atoms with Crippen LogP contribution in [0.3, 0.4) is 0 Å². The quantitative estimate of drug-likeness (QED) is 0.801. The summed E-state index contributed by atoms with van der Waals surface area (Å²) in [7, 11) is 0. The van der Waals surface area contributed by atoms with Gasteiger partial charge in [-0.05, 0) is 30.9 Å². The number of amides is 1. The van der Waals surface area contributed by atoms with Crippen LogP contribution in [0.5, 0.6) is 5.75 Å². The highest BCUT2D eigenvalue weighted by atomic mass is 35.5. The van der Waals surface area contributed by atoms with Crippen LogP contribution in [0.15, 0.2) is 12.1 Å². The summed E-state index contributed by atoms with van der Waals surface area (Å²) >= 11 is 11.6. The number of phenolic OH excluding ortho intramolecular Hbond substituents is 1. The van der Waals surface area contributed by atoms with E-state index in [0.29, 0.717) is 18.0 Å². The molecule has 2 rings (SSSR count). The number of phenols is 1. The molecule has 0 radical (unpaired) electrons. The van der Waals surface area contributed by atoms with Crippen molar-refractivity contribution >= 4 is 34.8 Å². The highest BCUT2D eigenvalue weighted by Crippen LogP contribution is 2.35. The lowest BCUT2D eigenvalue weighted by molar-refractivity contribution is -0.117. The fraction of sp³-hybridized carbons (Fsp3) is 0.500. The number of anilines is 1. The van der Waals surface area contributed by atoms with Gasteiger partial charge in [0.1, 0.15) is 0 Å². The maximum Gasteiger partial charge on any atom is 0.224 e. The van der Waals surface area contributed by atoms with Gasteiger partial charge in [0.25, 0.3) is 0 Å². The van der Waals surface area contributed by atoms with Crippen LogP contribution in [0.1, 0.15) is 38.5 Å². The SMILES string of the molecule is O=C(CC1CCCCC1)Nc1cc(Cl)c(O)c(Cl)c1. The molecule has 0 bridgehead atoms. The van der Waals surface area contributed by atoms with Crippen molar-refractivity contribution in [3.05, 3.63) is 22.2 Å². The molecule has 0 unspecified atom stereocenters. The average molecular weight is 302 g/mol. The largest absolute Gasteiger partial charge is 0.505 e. The van der Waals surface area contributed by atoms with Gasteiger partial charge in [-0.1, -0.05) is 42.5 Å². The van der Waals surface area contributed by atoms with Crippen LogP contribution >= 0.6 is 23.2 Å². The van der Waals surface area contributed by atoms with Crippen molar-refractivity contribution in [3.8, 4) is 5.75 Å². The molecule has 0 saturated heterocycles. The molecule has 1 fully saturated rings. The Bertz CT molecular complexity index is 448. The third-order valence-electron chi connectivity index (χ3n) is 3.50. The Morgan fingerprint density at radius 1 is 1.21 bits per heavy atom. The highest BCUT2D eigenvalue weighted by molar-refractivity contribution is 6.37. The first-order valence-electron chi connectivity index (χ1n) is 6.54.